The minimum atomic E-state index is -5.09. The molecule has 0 radical (unpaired) electrons. The molecular formula is C32H17Cl2F3N2O5. The fourth-order valence-electron chi connectivity index (χ4n) is 4.39. The minimum Gasteiger partial charge on any atom is -0.449 e. The van der Waals surface area contributed by atoms with Gasteiger partial charge < -0.3 is 13.9 Å². The molecule has 0 amide bonds. The quantitative estimate of drug-likeness (QED) is 0.134. The maximum Gasteiger partial charge on any atom is 0.453 e. The van der Waals surface area contributed by atoms with Crippen molar-refractivity contribution in [3.05, 3.63) is 135 Å². The summed E-state index contributed by atoms with van der Waals surface area (Å²) in [6, 6.07) is 26.5. The Morgan fingerprint density at radius 1 is 0.841 bits per heavy atom. The highest BCUT2D eigenvalue weighted by Crippen LogP contribution is 2.39. The molecule has 7 nitrogen and oxygen atoms in total. The van der Waals surface area contributed by atoms with Crippen LogP contribution >= 0.6 is 23.2 Å². The maximum absolute atomic E-state index is 14.0. The van der Waals surface area contributed by atoms with Crippen LogP contribution in [0, 0.1) is 0 Å². The van der Waals surface area contributed by atoms with Crippen molar-refractivity contribution in [1.29, 1.82) is 0 Å². The second-order valence-electron chi connectivity index (χ2n) is 9.32. The minimum absolute atomic E-state index is 0.0456. The Kier molecular flexibility index (Phi) is 7.62. The molecule has 0 aliphatic rings. The number of nitrogens with zero attached hydrogens (tertiary/aromatic N) is 2. The summed E-state index contributed by atoms with van der Waals surface area (Å²) in [6.07, 6.45) is -5.09. The molecule has 0 aliphatic heterocycles. The van der Waals surface area contributed by atoms with E-state index in [9.17, 15) is 22.8 Å². The molecule has 0 aliphatic carbocycles. The van der Waals surface area contributed by atoms with Gasteiger partial charge in [0.05, 0.1) is 11.1 Å². The molecule has 0 spiro atoms. The SMILES string of the molecule is O=C(Oc1ccc2c(=O)c(Oc3ccc(Cl)cc3)c(C(F)(F)F)oc2c1)c1c(-c2ccccc2)nn(-c2ccccc2)c1Cl. The van der Waals surface area contributed by atoms with E-state index in [0.717, 1.165) is 6.07 Å². The fraction of sp³-hybridized carbons (Fsp3) is 0.0312. The lowest BCUT2D eigenvalue weighted by atomic mass is 10.1. The Hall–Kier alpha value is -5.06. The van der Waals surface area contributed by atoms with Gasteiger partial charge in [0.2, 0.25) is 11.2 Å². The number of carbonyl (C=O) groups excluding carboxylic acids is 1. The Bertz CT molecular complexity index is 2060. The number of fused-ring (bicyclic) bond motifs is 1. The topological polar surface area (TPSA) is 83.6 Å². The summed E-state index contributed by atoms with van der Waals surface area (Å²) < 4.78 is 59.4. The third-order valence-electron chi connectivity index (χ3n) is 6.40. The molecule has 2 heterocycles. The monoisotopic (exact) mass is 636 g/mol. The highest BCUT2D eigenvalue weighted by Gasteiger charge is 2.40. The van der Waals surface area contributed by atoms with Crippen LogP contribution in [0.5, 0.6) is 17.2 Å². The zero-order chi connectivity index (χ0) is 31.0. The summed E-state index contributed by atoms with van der Waals surface area (Å²) in [6.45, 7) is 0. The zero-order valence-corrected chi connectivity index (χ0v) is 23.7. The zero-order valence-electron chi connectivity index (χ0n) is 22.1. The molecule has 0 unspecified atom stereocenters. The lowest BCUT2D eigenvalue weighted by Gasteiger charge is -2.13. The molecule has 4 aromatic carbocycles. The van der Waals surface area contributed by atoms with Crippen LogP contribution in [0.2, 0.25) is 10.2 Å². The average Bonchev–Trinajstić information content (AvgIpc) is 3.37. The molecular weight excluding hydrogens is 620 g/mol. The van der Waals surface area contributed by atoms with Crippen molar-refractivity contribution in [2.75, 3.05) is 0 Å². The lowest BCUT2D eigenvalue weighted by molar-refractivity contribution is -0.154. The Morgan fingerprint density at radius 3 is 2.14 bits per heavy atom. The van der Waals surface area contributed by atoms with Crippen LogP contribution in [0.3, 0.4) is 0 Å². The molecule has 6 rings (SSSR count). The molecule has 220 valence electrons. The number of carbonyl (C=O) groups is 1. The van der Waals surface area contributed by atoms with E-state index in [1.54, 1.807) is 54.6 Å². The number of halogens is 5. The molecule has 0 N–H and O–H groups in total. The summed E-state index contributed by atoms with van der Waals surface area (Å²) >= 11 is 12.5. The van der Waals surface area contributed by atoms with Gasteiger partial charge in [-0.2, -0.15) is 18.3 Å². The van der Waals surface area contributed by atoms with Gasteiger partial charge in [0.1, 0.15) is 33.5 Å². The van der Waals surface area contributed by atoms with E-state index < -0.39 is 34.7 Å². The molecule has 0 bridgehead atoms. The van der Waals surface area contributed by atoms with E-state index in [1.165, 1.54) is 41.1 Å². The number of hydrogen-bond donors (Lipinski definition) is 0. The molecule has 6 aromatic rings. The average molecular weight is 637 g/mol. The van der Waals surface area contributed by atoms with Crippen LogP contribution in [-0.4, -0.2) is 15.7 Å². The van der Waals surface area contributed by atoms with Crippen molar-refractivity contribution in [1.82, 2.24) is 9.78 Å². The number of para-hydroxylation sites is 1. The summed E-state index contributed by atoms with van der Waals surface area (Å²) in [4.78, 5) is 26.7. The number of alkyl halides is 3. The molecule has 0 fully saturated rings. The normalized spacial score (nSPS) is 11.5. The first kappa shape index (κ1) is 29.0. The van der Waals surface area contributed by atoms with Crippen LogP contribution in [0.4, 0.5) is 13.2 Å². The number of hydrogen-bond acceptors (Lipinski definition) is 6. The number of esters is 1. The van der Waals surface area contributed by atoms with Gasteiger partial charge in [-0.25, -0.2) is 9.48 Å². The Morgan fingerprint density at radius 2 is 1.48 bits per heavy atom. The smallest absolute Gasteiger partial charge is 0.449 e. The second-order valence-corrected chi connectivity index (χ2v) is 10.1. The van der Waals surface area contributed by atoms with E-state index >= 15 is 0 Å². The maximum atomic E-state index is 14.0. The van der Waals surface area contributed by atoms with Gasteiger partial charge >= 0.3 is 12.1 Å². The number of benzene rings is 4. The number of rotatable bonds is 6. The predicted molar refractivity (Wildman–Crippen MR) is 158 cm³/mol. The van der Waals surface area contributed by atoms with Gasteiger partial charge in [0, 0.05) is 16.7 Å². The van der Waals surface area contributed by atoms with Crippen molar-refractivity contribution in [3.8, 4) is 34.2 Å². The van der Waals surface area contributed by atoms with E-state index in [1.807, 2.05) is 6.07 Å². The van der Waals surface area contributed by atoms with Crippen LogP contribution in [0.15, 0.2) is 112 Å². The fourth-order valence-corrected chi connectivity index (χ4v) is 4.82. The van der Waals surface area contributed by atoms with Crippen molar-refractivity contribution in [3.63, 3.8) is 0 Å². The van der Waals surface area contributed by atoms with Crippen molar-refractivity contribution >= 4 is 40.1 Å². The van der Waals surface area contributed by atoms with Crippen LogP contribution in [0.1, 0.15) is 16.1 Å². The van der Waals surface area contributed by atoms with Gasteiger partial charge in [-0.15, -0.1) is 0 Å². The molecule has 44 heavy (non-hydrogen) atoms. The summed E-state index contributed by atoms with van der Waals surface area (Å²) in [5.41, 5.74) is -0.262. The predicted octanol–water partition coefficient (Wildman–Crippen LogP) is 8.98. The first-order chi connectivity index (χ1) is 21.1. The number of aromatic nitrogens is 2. The van der Waals surface area contributed by atoms with Gasteiger partial charge in [0.15, 0.2) is 0 Å². The Labute approximate surface area is 256 Å². The third-order valence-corrected chi connectivity index (χ3v) is 7.01. The first-order valence-electron chi connectivity index (χ1n) is 12.8. The third kappa shape index (κ3) is 5.64. The van der Waals surface area contributed by atoms with Crippen molar-refractivity contribution in [2.45, 2.75) is 6.18 Å². The van der Waals surface area contributed by atoms with E-state index in [2.05, 4.69) is 5.10 Å². The molecule has 0 atom stereocenters. The van der Waals surface area contributed by atoms with Gasteiger partial charge in [-0.3, -0.25) is 4.79 Å². The molecule has 0 saturated heterocycles. The van der Waals surface area contributed by atoms with Crippen molar-refractivity contribution < 1.29 is 31.9 Å². The van der Waals surface area contributed by atoms with E-state index in [0.29, 0.717) is 16.3 Å². The lowest BCUT2D eigenvalue weighted by Crippen LogP contribution is -2.15. The molecule has 2 aromatic heterocycles. The van der Waals surface area contributed by atoms with Crippen LogP contribution < -0.4 is 14.9 Å². The highest BCUT2D eigenvalue weighted by atomic mass is 35.5. The standard InChI is InChI=1S/C32H17Cl2F3N2O5/c33-19-11-13-21(14-12-19)42-28-27(40)23-16-15-22(17-24(23)44-29(28)32(35,36)37)43-31(41)25-26(18-7-3-1-4-8-18)38-39(30(25)34)20-9-5-2-6-10-20/h1-17H. The van der Waals surface area contributed by atoms with Gasteiger partial charge in [0.25, 0.3) is 5.76 Å². The van der Waals surface area contributed by atoms with Crippen LogP contribution in [-0.2, 0) is 6.18 Å². The van der Waals surface area contributed by atoms with Crippen molar-refractivity contribution in [2.24, 2.45) is 0 Å². The number of ether oxygens (including phenoxy) is 2. The summed E-state index contributed by atoms with van der Waals surface area (Å²) in [5.74, 6) is -3.90. The molecule has 12 heteroatoms. The largest absolute Gasteiger partial charge is 0.453 e. The van der Waals surface area contributed by atoms with Gasteiger partial charge in [-0.1, -0.05) is 71.7 Å². The van der Waals surface area contributed by atoms with Crippen LogP contribution in [0.25, 0.3) is 27.9 Å². The highest BCUT2D eigenvalue weighted by molar-refractivity contribution is 6.33. The molecule has 0 saturated carbocycles. The van der Waals surface area contributed by atoms with Gasteiger partial charge in [-0.05, 0) is 48.5 Å². The van der Waals surface area contributed by atoms with E-state index in [4.69, 9.17) is 37.1 Å². The second kappa shape index (κ2) is 11.6. The Balaban J connectivity index is 1.40. The van der Waals surface area contributed by atoms with E-state index in [-0.39, 0.29) is 33.3 Å². The summed E-state index contributed by atoms with van der Waals surface area (Å²) in [5, 5.41) is 4.58. The first-order valence-corrected chi connectivity index (χ1v) is 13.6. The summed E-state index contributed by atoms with van der Waals surface area (Å²) in [7, 11) is 0.